The summed E-state index contributed by atoms with van der Waals surface area (Å²) in [5.41, 5.74) is 17.6. The fourth-order valence-electron chi connectivity index (χ4n) is 9.23. The second kappa shape index (κ2) is 18.0. The summed E-state index contributed by atoms with van der Waals surface area (Å²) in [6.45, 7) is 38.2. The van der Waals surface area contributed by atoms with Gasteiger partial charge in [0.1, 0.15) is 0 Å². The van der Waals surface area contributed by atoms with Crippen molar-refractivity contribution in [1.29, 1.82) is 0 Å². The van der Waals surface area contributed by atoms with Crippen molar-refractivity contribution in [3.8, 4) is 33.4 Å². The molecule has 0 saturated carbocycles. The molecule has 0 aliphatic heterocycles. The van der Waals surface area contributed by atoms with Crippen LogP contribution in [0.1, 0.15) is 167 Å². The van der Waals surface area contributed by atoms with Gasteiger partial charge < -0.3 is 24.8 Å². The van der Waals surface area contributed by atoms with Gasteiger partial charge in [0.2, 0.25) is 0 Å². The van der Waals surface area contributed by atoms with Gasteiger partial charge in [-0.2, -0.15) is 0 Å². The fraction of sp³-hybridized carbons (Fsp3) is 0.473. The van der Waals surface area contributed by atoms with E-state index in [0.717, 1.165) is 6.42 Å². The van der Waals surface area contributed by atoms with E-state index in [1.807, 2.05) is 3.21 Å². The Balaban J connectivity index is 0.00000372. The van der Waals surface area contributed by atoms with Crippen molar-refractivity contribution < 1.29 is 46.1 Å². The van der Waals surface area contributed by atoms with Gasteiger partial charge in [-0.15, -0.1) is 0 Å². The molecule has 0 spiro atoms. The number of rotatable bonds is 8. The van der Waals surface area contributed by atoms with E-state index in [1.54, 1.807) is 14.4 Å². The number of halogens is 2. The third kappa shape index (κ3) is 10.2. The maximum Gasteiger partial charge on any atom is -1.00 e. The first-order valence-electron chi connectivity index (χ1n) is 21.6. The van der Waals surface area contributed by atoms with Crippen LogP contribution < -0.4 is 24.8 Å². The van der Waals surface area contributed by atoms with E-state index in [0.29, 0.717) is 15.5 Å². The Morgan fingerprint density at radius 2 is 0.914 bits per heavy atom. The molecule has 0 nitrogen and oxygen atoms in total. The maximum atomic E-state index is 2.70. The van der Waals surface area contributed by atoms with Crippen molar-refractivity contribution >= 4 is 3.21 Å². The van der Waals surface area contributed by atoms with Crippen LogP contribution in [0.25, 0.3) is 33.4 Å². The molecular weight excluding hydrogens is 823 g/mol. The van der Waals surface area contributed by atoms with E-state index in [4.69, 9.17) is 0 Å². The number of fused-ring (bicyclic) bond motifs is 3. The first kappa shape index (κ1) is 48.4. The van der Waals surface area contributed by atoms with Crippen LogP contribution in [0.15, 0.2) is 94.3 Å². The van der Waals surface area contributed by atoms with Gasteiger partial charge in [-0.3, -0.25) is 0 Å². The van der Waals surface area contributed by atoms with Gasteiger partial charge in [0.15, 0.2) is 0 Å². The van der Waals surface area contributed by atoms with Crippen LogP contribution in [-0.4, -0.2) is 3.21 Å². The number of hydrogen-bond donors (Lipinski definition) is 0. The summed E-state index contributed by atoms with van der Waals surface area (Å²) in [6.07, 6.45) is 11.0. The van der Waals surface area contributed by atoms with E-state index < -0.39 is 21.3 Å². The number of benzene rings is 4. The Morgan fingerprint density at radius 3 is 1.21 bits per heavy atom. The Hall–Kier alpha value is -2.31. The first-order valence-corrected chi connectivity index (χ1v) is 25.5. The monoisotopic (exact) mass is 892 g/mol. The molecule has 0 unspecified atom stereocenters. The van der Waals surface area contributed by atoms with Crippen molar-refractivity contribution in [2.24, 2.45) is 11.8 Å². The first-order chi connectivity index (χ1) is 25.9. The molecule has 0 bridgehead atoms. The molecule has 58 heavy (non-hydrogen) atoms. The predicted octanol–water partition coefficient (Wildman–Crippen LogP) is 10.0. The van der Waals surface area contributed by atoms with Gasteiger partial charge in [0.05, 0.1) is 0 Å². The molecule has 4 aromatic rings. The molecule has 0 atom stereocenters. The van der Waals surface area contributed by atoms with Gasteiger partial charge in [-0.25, -0.2) is 0 Å². The molecule has 4 aromatic carbocycles. The summed E-state index contributed by atoms with van der Waals surface area (Å²) in [4.78, 5) is 0. The van der Waals surface area contributed by atoms with E-state index in [1.165, 1.54) is 68.5 Å². The standard InChI is InChI=1S/C41H49.C9H18.C5H5.2ClH.Zr/c1-38(2,3)30-17-13-26(14-18-30)34-22-28-21-29-23-35(27-15-19-31(20-16-27)39(4,5)6)37(41(10,11)12)25-33(29)32(28)24-36(34)40(7,8)9;1-8(2)6-5-7-9(3)4;1-2-4-5-3-1;;;/h13-25H,1-12H3;8-9H,6-7H2,1-4H3;1-3H,4H2;2*1H;/q;;;;;+2/p-2. The molecular formula is C55H72Cl2Zr. The number of allylic oxidation sites excluding steroid dienone is 4. The maximum absolute atomic E-state index is 2.70. The molecule has 310 valence electrons. The van der Waals surface area contributed by atoms with Crippen molar-refractivity contribution in [3.05, 3.63) is 128 Å². The minimum Gasteiger partial charge on any atom is -1.00 e. The van der Waals surface area contributed by atoms with Gasteiger partial charge in [-0.1, -0.05) is 0 Å². The molecule has 6 rings (SSSR count). The summed E-state index contributed by atoms with van der Waals surface area (Å²) in [7, 11) is 0. The Kier molecular flexibility index (Phi) is 15.0. The van der Waals surface area contributed by atoms with Crippen molar-refractivity contribution in [2.75, 3.05) is 0 Å². The topological polar surface area (TPSA) is 0 Å². The van der Waals surface area contributed by atoms with Crippen LogP contribution in [0.2, 0.25) is 0 Å². The average Bonchev–Trinajstić information content (AvgIpc) is 3.72. The van der Waals surface area contributed by atoms with Crippen LogP contribution >= 0.6 is 0 Å². The Labute approximate surface area is 374 Å². The van der Waals surface area contributed by atoms with E-state index >= 15 is 0 Å². The second-order valence-electron chi connectivity index (χ2n) is 22.1. The largest absolute Gasteiger partial charge is 1.00 e. The summed E-state index contributed by atoms with van der Waals surface area (Å²) < 4.78 is 4.13. The van der Waals surface area contributed by atoms with Crippen molar-refractivity contribution in [2.45, 2.75) is 155 Å². The Bertz CT molecular complexity index is 2040. The van der Waals surface area contributed by atoms with Gasteiger partial charge in [0.25, 0.3) is 0 Å². The van der Waals surface area contributed by atoms with Gasteiger partial charge >= 0.3 is 353 Å². The predicted molar refractivity (Wildman–Crippen MR) is 245 cm³/mol. The zero-order valence-corrected chi connectivity index (χ0v) is 42.7. The normalized spacial score (nSPS) is 14.1. The van der Waals surface area contributed by atoms with Crippen LogP contribution in [-0.2, 0) is 42.9 Å². The van der Waals surface area contributed by atoms with E-state index in [9.17, 15) is 0 Å². The zero-order valence-electron chi connectivity index (χ0n) is 38.8. The average molecular weight is 895 g/mol. The molecule has 0 saturated heterocycles. The third-order valence-corrected chi connectivity index (χ3v) is 20.6. The van der Waals surface area contributed by atoms with Gasteiger partial charge in [0, 0.05) is 0 Å². The van der Waals surface area contributed by atoms with E-state index in [2.05, 4.69) is 202 Å². The SMILES string of the molecule is CC(C)C[C](CC(C)C)=[Zr+2]([C]1=CC=CC1)[CH]1c2cc(-c3ccc(C(C)(C)C)cc3)c(C(C)(C)C)cc2-c2cc(C(C)(C)C)c(-c3ccc(C(C)(C)C)cc3)cc21.[Cl-].[Cl-]. The molecule has 0 fully saturated rings. The van der Waals surface area contributed by atoms with Crippen molar-refractivity contribution in [3.63, 3.8) is 0 Å². The molecule has 0 amide bonds. The quantitative estimate of drug-likeness (QED) is 0.165. The smallest absolute Gasteiger partial charge is 1.00 e. The molecule has 3 heteroatoms. The minimum atomic E-state index is -2.59. The Morgan fingerprint density at radius 1 is 0.534 bits per heavy atom. The molecule has 2 aliphatic carbocycles. The minimum absolute atomic E-state index is 0. The van der Waals surface area contributed by atoms with E-state index in [-0.39, 0.29) is 46.5 Å². The van der Waals surface area contributed by atoms with Crippen LogP contribution in [0.3, 0.4) is 0 Å². The summed E-state index contributed by atoms with van der Waals surface area (Å²) >= 11 is -2.59. The summed E-state index contributed by atoms with van der Waals surface area (Å²) in [5, 5.41) is 0. The second-order valence-corrected chi connectivity index (χ2v) is 28.9. The number of hydrogen-bond acceptors (Lipinski definition) is 0. The summed E-state index contributed by atoms with van der Waals surface area (Å²) in [6, 6.07) is 29.8. The fourth-order valence-corrected chi connectivity index (χ4v) is 19.6. The van der Waals surface area contributed by atoms with Crippen LogP contribution in [0, 0.1) is 11.8 Å². The van der Waals surface area contributed by atoms with Crippen LogP contribution in [0.4, 0.5) is 0 Å². The molecule has 0 radical (unpaired) electrons. The summed E-state index contributed by atoms with van der Waals surface area (Å²) in [5.74, 6) is 1.30. The van der Waals surface area contributed by atoms with Crippen molar-refractivity contribution in [1.82, 2.24) is 0 Å². The third-order valence-electron chi connectivity index (χ3n) is 12.1. The van der Waals surface area contributed by atoms with Gasteiger partial charge in [-0.05, 0) is 0 Å². The molecule has 2 aliphatic rings. The molecule has 0 N–H and O–H groups in total. The van der Waals surface area contributed by atoms with Crippen LogP contribution in [0.5, 0.6) is 0 Å². The molecule has 0 heterocycles. The molecule has 0 aromatic heterocycles. The zero-order chi connectivity index (χ0) is 41.1.